The van der Waals surface area contributed by atoms with E-state index >= 15 is 0 Å². The van der Waals surface area contributed by atoms with E-state index in [4.69, 9.17) is 11.6 Å². The van der Waals surface area contributed by atoms with Crippen molar-refractivity contribution in [1.82, 2.24) is 0 Å². The van der Waals surface area contributed by atoms with Crippen LogP contribution in [0.2, 0.25) is 5.02 Å². The Labute approximate surface area is 73.2 Å². The Bertz CT molecular complexity index is 251. The van der Waals surface area contributed by atoms with Crippen molar-refractivity contribution in [3.05, 3.63) is 34.3 Å². The second kappa shape index (κ2) is 3.27. The number of rotatable bonds is 1. The number of halogens is 1. The lowest BCUT2D eigenvalue weighted by atomic mass is 9.98. The molecule has 59 valence electrons. The molecule has 11 heavy (non-hydrogen) atoms. The fourth-order valence-electron chi connectivity index (χ4n) is 1.20. The monoisotopic (exact) mass is 167 g/mol. The average Bonchev–Trinajstić information content (AvgIpc) is 1.85. The Morgan fingerprint density at radius 2 is 2.09 bits per heavy atom. The number of hydrogen-bond acceptors (Lipinski definition) is 0. The Kier molecular flexibility index (Phi) is 2.56. The van der Waals surface area contributed by atoms with Crippen molar-refractivity contribution >= 4 is 11.6 Å². The number of benzene rings is 1. The zero-order chi connectivity index (χ0) is 8.43. The van der Waals surface area contributed by atoms with Crippen LogP contribution in [0.5, 0.6) is 0 Å². The van der Waals surface area contributed by atoms with Gasteiger partial charge in [-0.05, 0) is 36.1 Å². The molecular weight excluding hydrogens is 156 g/mol. The van der Waals surface area contributed by atoms with E-state index in [0.717, 1.165) is 0 Å². The fraction of sp³-hybridized carbons (Fsp3) is 0.400. The summed E-state index contributed by atoms with van der Waals surface area (Å²) in [6.07, 6.45) is 0. The third-order valence-corrected chi connectivity index (χ3v) is 2.00. The second-order valence-corrected chi connectivity index (χ2v) is 3.48. The van der Waals surface area contributed by atoms with Crippen LogP contribution in [0.3, 0.4) is 0 Å². The van der Waals surface area contributed by atoms with Crippen molar-refractivity contribution in [3.8, 4) is 0 Å². The maximum Gasteiger partial charge on any atom is 0.0487 e. The molecule has 0 aromatic heterocycles. The van der Waals surface area contributed by atoms with Crippen LogP contribution in [-0.2, 0) is 0 Å². The summed E-state index contributed by atoms with van der Waals surface area (Å²) in [5.41, 5.74) is 2.58. The van der Waals surface area contributed by atoms with E-state index < -0.39 is 0 Å². The lowest BCUT2D eigenvalue weighted by molar-refractivity contribution is 0.856. The Morgan fingerprint density at radius 1 is 1.45 bits per heavy atom. The molecule has 0 aliphatic heterocycles. The van der Waals surface area contributed by atoms with E-state index in [1.165, 1.54) is 11.1 Å². The van der Waals surface area contributed by atoms with Crippen LogP contribution in [-0.4, -0.2) is 0 Å². The highest BCUT2D eigenvalue weighted by Gasteiger charge is 2.02. The summed E-state index contributed by atoms with van der Waals surface area (Å²) < 4.78 is 0. The predicted octanol–water partition coefficient (Wildman–Crippen LogP) is 3.57. The van der Waals surface area contributed by atoms with Crippen LogP contribution >= 0.6 is 11.6 Å². The summed E-state index contributed by atoms with van der Waals surface area (Å²) in [7, 11) is 0. The van der Waals surface area contributed by atoms with Crippen molar-refractivity contribution in [1.29, 1.82) is 0 Å². The van der Waals surface area contributed by atoms with Gasteiger partial charge in [0.2, 0.25) is 0 Å². The predicted molar refractivity (Wildman–Crippen MR) is 49.1 cm³/mol. The van der Waals surface area contributed by atoms with Crippen LogP contribution in [0, 0.1) is 13.0 Å². The lowest BCUT2D eigenvalue weighted by Gasteiger charge is -2.08. The molecule has 0 nitrogen and oxygen atoms in total. The van der Waals surface area contributed by atoms with Gasteiger partial charge in [0.1, 0.15) is 0 Å². The highest BCUT2D eigenvalue weighted by Crippen LogP contribution is 2.21. The van der Waals surface area contributed by atoms with E-state index in [0.29, 0.717) is 10.9 Å². The molecule has 1 aromatic rings. The van der Waals surface area contributed by atoms with E-state index in [1.54, 1.807) is 0 Å². The summed E-state index contributed by atoms with van der Waals surface area (Å²) in [5.74, 6) is 0.559. The van der Waals surface area contributed by atoms with Gasteiger partial charge >= 0.3 is 0 Å². The van der Waals surface area contributed by atoms with Gasteiger partial charge in [0.25, 0.3) is 0 Å². The van der Waals surface area contributed by atoms with Crippen molar-refractivity contribution in [2.75, 3.05) is 0 Å². The molecule has 0 unspecified atom stereocenters. The van der Waals surface area contributed by atoms with Gasteiger partial charge in [-0.15, -0.1) is 0 Å². The molecule has 0 saturated heterocycles. The number of hydrogen-bond donors (Lipinski definition) is 0. The zero-order valence-corrected chi connectivity index (χ0v) is 7.87. The molecule has 0 spiro atoms. The molecule has 0 atom stereocenters. The zero-order valence-electron chi connectivity index (χ0n) is 7.11. The fourth-order valence-corrected chi connectivity index (χ4v) is 1.42. The van der Waals surface area contributed by atoms with Crippen LogP contribution in [0.4, 0.5) is 0 Å². The van der Waals surface area contributed by atoms with Crippen molar-refractivity contribution in [2.24, 2.45) is 0 Å². The van der Waals surface area contributed by atoms with Gasteiger partial charge < -0.3 is 0 Å². The van der Waals surface area contributed by atoms with Crippen molar-refractivity contribution < 1.29 is 0 Å². The quantitative estimate of drug-likeness (QED) is 0.600. The minimum atomic E-state index is 0.559. The molecule has 0 aliphatic rings. The standard InChI is InChI=1S/C10H12Cl/c1-7(2)10-5-4-9(11)6-8(10)3/h5-7H,1-3H3. The minimum Gasteiger partial charge on any atom is -0.0837 e. The first-order chi connectivity index (χ1) is 5.11. The van der Waals surface area contributed by atoms with Gasteiger partial charge in [-0.3, -0.25) is 0 Å². The summed E-state index contributed by atoms with van der Waals surface area (Å²) in [5, 5.41) is 0.701. The van der Waals surface area contributed by atoms with Gasteiger partial charge in [-0.25, -0.2) is 0 Å². The van der Waals surface area contributed by atoms with E-state index in [2.05, 4.69) is 26.8 Å². The van der Waals surface area contributed by atoms with Gasteiger partial charge in [-0.1, -0.05) is 25.4 Å². The highest BCUT2D eigenvalue weighted by atomic mass is 35.5. The molecule has 0 saturated carbocycles. The normalized spacial score (nSPS) is 10.6. The van der Waals surface area contributed by atoms with Gasteiger partial charge in [-0.2, -0.15) is 0 Å². The van der Waals surface area contributed by atoms with E-state index in [9.17, 15) is 0 Å². The molecule has 0 fully saturated rings. The minimum absolute atomic E-state index is 0.559. The molecule has 0 amide bonds. The molecule has 0 aliphatic carbocycles. The summed E-state index contributed by atoms with van der Waals surface area (Å²) in [4.78, 5) is 0. The SMILES string of the molecule is Cc1cc(Cl)[c]cc1C(C)C. The topological polar surface area (TPSA) is 0 Å². The first-order valence-electron chi connectivity index (χ1n) is 3.79. The van der Waals surface area contributed by atoms with Crippen LogP contribution < -0.4 is 0 Å². The first-order valence-corrected chi connectivity index (χ1v) is 4.17. The Hall–Kier alpha value is -0.490. The first kappa shape index (κ1) is 8.61. The smallest absolute Gasteiger partial charge is 0.0487 e. The van der Waals surface area contributed by atoms with E-state index in [1.807, 2.05) is 12.1 Å². The second-order valence-electron chi connectivity index (χ2n) is 3.07. The molecule has 0 bridgehead atoms. The maximum absolute atomic E-state index is 5.77. The van der Waals surface area contributed by atoms with Crippen LogP contribution in [0.1, 0.15) is 30.9 Å². The lowest BCUT2D eigenvalue weighted by Crippen LogP contribution is -1.90. The largest absolute Gasteiger partial charge is 0.0837 e. The molecule has 1 radical (unpaired) electrons. The van der Waals surface area contributed by atoms with Gasteiger partial charge in [0, 0.05) is 11.1 Å². The van der Waals surface area contributed by atoms with E-state index in [-0.39, 0.29) is 0 Å². The van der Waals surface area contributed by atoms with Crippen LogP contribution in [0.25, 0.3) is 0 Å². The van der Waals surface area contributed by atoms with Crippen LogP contribution in [0.15, 0.2) is 12.1 Å². The molecule has 1 aromatic carbocycles. The maximum atomic E-state index is 5.77. The highest BCUT2D eigenvalue weighted by molar-refractivity contribution is 6.30. The summed E-state index contributed by atoms with van der Waals surface area (Å²) >= 11 is 5.77. The third-order valence-electron chi connectivity index (χ3n) is 1.79. The Balaban J connectivity index is 3.09. The summed E-state index contributed by atoms with van der Waals surface area (Å²) in [6, 6.07) is 6.92. The molecule has 1 rings (SSSR count). The third kappa shape index (κ3) is 1.97. The summed E-state index contributed by atoms with van der Waals surface area (Å²) in [6.45, 7) is 6.42. The molecule has 0 N–H and O–H groups in total. The molecular formula is C10H12Cl. The van der Waals surface area contributed by atoms with Gasteiger partial charge in [0.05, 0.1) is 0 Å². The van der Waals surface area contributed by atoms with Crippen molar-refractivity contribution in [3.63, 3.8) is 0 Å². The Morgan fingerprint density at radius 3 is 2.55 bits per heavy atom. The van der Waals surface area contributed by atoms with Gasteiger partial charge in [0.15, 0.2) is 0 Å². The van der Waals surface area contributed by atoms with Crippen molar-refractivity contribution in [2.45, 2.75) is 26.7 Å². The average molecular weight is 168 g/mol. The molecule has 0 heterocycles. The molecule has 1 heteroatoms. The number of aryl methyl sites for hydroxylation is 1.